The summed E-state index contributed by atoms with van der Waals surface area (Å²) >= 11 is 0. The fourth-order valence-electron chi connectivity index (χ4n) is 3.05. The Morgan fingerprint density at radius 1 is 1.18 bits per heavy atom. The molecule has 0 radical (unpaired) electrons. The maximum atomic E-state index is 12.6. The van der Waals surface area contributed by atoms with Crippen LogP contribution in [0.25, 0.3) is 0 Å². The SMILES string of the molecule is Cc1ccc(S(=O)(=O)NC2CC(C)(C)Cc3occc32)cc1. The molecule has 0 aliphatic heterocycles. The topological polar surface area (TPSA) is 59.3 Å². The molecule has 0 bridgehead atoms. The van der Waals surface area contributed by atoms with Gasteiger partial charge < -0.3 is 4.42 Å². The van der Waals surface area contributed by atoms with Crippen LogP contribution in [0.15, 0.2) is 45.9 Å². The monoisotopic (exact) mass is 319 g/mol. The van der Waals surface area contributed by atoms with Crippen molar-refractivity contribution in [3.63, 3.8) is 0 Å². The van der Waals surface area contributed by atoms with E-state index in [1.54, 1.807) is 18.4 Å². The van der Waals surface area contributed by atoms with Crippen LogP contribution in [-0.2, 0) is 16.4 Å². The predicted molar refractivity (Wildman–Crippen MR) is 85.1 cm³/mol. The lowest BCUT2D eigenvalue weighted by Crippen LogP contribution is -2.36. The van der Waals surface area contributed by atoms with Gasteiger partial charge in [-0.2, -0.15) is 0 Å². The zero-order valence-corrected chi connectivity index (χ0v) is 13.9. The third kappa shape index (κ3) is 2.96. The zero-order chi connectivity index (χ0) is 16.0. The summed E-state index contributed by atoms with van der Waals surface area (Å²) in [5.41, 5.74) is 2.00. The second-order valence-electron chi connectivity index (χ2n) is 6.83. The van der Waals surface area contributed by atoms with Crippen molar-refractivity contribution >= 4 is 10.0 Å². The summed E-state index contributed by atoms with van der Waals surface area (Å²) in [6, 6.07) is 8.52. The Hall–Kier alpha value is -1.59. The van der Waals surface area contributed by atoms with Crippen molar-refractivity contribution in [2.45, 2.75) is 44.6 Å². The third-order valence-corrected chi connectivity index (χ3v) is 5.67. The Labute approximate surface area is 131 Å². The van der Waals surface area contributed by atoms with Gasteiger partial charge in [-0.05, 0) is 37.0 Å². The minimum absolute atomic E-state index is 0.00527. The molecule has 0 fully saturated rings. The molecule has 1 N–H and O–H groups in total. The van der Waals surface area contributed by atoms with Crippen molar-refractivity contribution in [2.75, 3.05) is 0 Å². The van der Waals surface area contributed by atoms with Gasteiger partial charge in [-0.1, -0.05) is 31.5 Å². The quantitative estimate of drug-likeness (QED) is 0.940. The minimum Gasteiger partial charge on any atom is -0.469 e. The van der Waals surface area contributed by atoms with Crippen LogP contribution in [0.2, 0.25) is 0 Å². The molecule has 1 unspecified atom stereocenters. The molecule has 1 aliphatic rings. The summed E-state index contributed by atoms with van der Waals surface area (Å²) in [5.74, 6) is 0.882. The van der Waals surface area contributed by atoms with Crippen LogP contribution >= 0.6 is 0 Å². The van der Waals surface area contributed by atoms with Gasteiger partial charge >= 0.3 is 0 Å². The van der Waals surface area contributed by atoms with Gasteiger partial charge in [0.2, 0.25) is 10.0 Å². The summed E-state index contributed by atoms with van der Waals surface area (Å²) in [6.45, 7) is 6.20. The van der Waals surface area contributed by atoms with Gasteiger partial charge in [0.25, 0.3) is 0 Å². The summed E-state index contributed by atoms with van der Waals surface area (Å²) in [5, 5.41) is 0. The van der Waals surface area contributed by atoms with Crippen LogP contribution in [0.5, 0.6) is 0 Å². The molecule has 3 rings (SSSR count). The van der Waals surface area contributed by atoms with Gasteiger partial charge in [-0.3, -0.25) is 0 Å². The van der Waals surface area contributed by atoms with Gasteiger partial charge in [0.05, 0.1) is 17.2 Å². The number of furan rings is 1. The number of hydrogen-bond donors (Lipinski definition) is 1. The molecule has 2 aromatic rings. The van der Waals surface area contributed by atoms with Gasteiger partial charge in [0, 0.05) is 12.0 Å². The van der Waals surface area contributed by atoms with Crippen LogP contribution in [-0.4, -0.2) is 8.42 Å². The van der Waals surface area contributed by atoms with Crippen LogP contribution in [0, 0.1) is 12.3 Å². The summed E-state index contributed by atoms with van der Waals surface area (Å²) < 4.78 is 33.6. The van der Waals surface area contributed by atoms with Crippen molar-refractivity contribution in [3.05, 3.63) is 53.5 Å². The smallest absolute Gasteiger partial charge is 0.241 e. The molecule has 0 amide bonds. The maximum absolute atomic E-state index is 12.6. The highest BCUT2D eigenvalue weighted by molar-refractivity contribution is 7.89. The highest BCUT2D eigenvalue weighted by Crippen LogP contribution is 2.41. The van der Waals surface area contributed by atoms with Crippen LogP contribution in [0.4, 0.5) is 0 Å². The lowest BCUT2D eigenvalue weighted by Gasteiger charge is -2.34. The number of aryl methyl sites for hydroxylation is 1. The lowest BCUT2D eigenvalue weighted by atomic mass is 9.75. The van der Waals surface area contributed by atoms with Crippen molar-refractivity contribution in [1.82, 2.24) is 4.72 Å². The zero-order valence-electron chi connectivity index (χ0n) is 13.1. The third-order valence-electron chi connectivity index (χ3n) is 4.18. The van der Waals surface area contributed by atoms with E-state index in [-0.39, 0.29) is 11.5 Å². The number of fused-ring (bicyclic) bond motifs is 1. The number of rotatable bonds is 3. The van der Waals surface area contributed by atoms with E-state index >= 15 is 0 Å². The van der Waals surface area contributed by atoms with Crippen LogP contribution in [0.1, 0.15) is 43.2 Å². The lowest BCUT2D eigenvalue weighted by molar-refractivity contribution is 0.248. The molecule has 1 atom stereocenters. The van der Waals surface area contributed by atoms with E-state index in [1.165, 1.54) is 0 Å². The van der Waals surface area contributed by atoms with E-state index in [4.69, 9.17) is 4.42 Å². The van der Waals surface area contributed by atoms with E-state index < -0.39 is 10.0 Å². The fraction of sp³-hybridized carbons (Fsp3) is 0.412. The first-order valence-electron chi connectivity index (χ1n) is 7.42. The molecular formula is C17H21NO3S. The number of benzene rings is 1. The average molecular weight is 319 g/mol. The Morgan fingerprint density at radius 2 is 1.86 bits per heavy atom. The summed E-state index contributed by atoms with van der Waals surface area (Å²) in [7, 11) is -3.54. The molecule has 22 heavy (non-hydrogen) atoms. The largest absolute Gasteiger partial charge is 0.469 e. The molecule has 0 spiro atoms. The second kappa shape index (κ2) is 5.25. The first kappa shape index (κ1) is 15.3. The maximum Gasteiger partial charge on any atom is 0.241 e. The molecule has 1 aromatic carbocycles. The van der Waals surface area contributed by atoms with Gasteiger partial charge in [0.15, 0.2) is 0 Å². The Morgan fingerprint density at radius 3 is 2.55 bits per heavy atom. The minimum atomic E-state index is -3.54. The normalized spacial score (nSPS) is 20.6. The molecular weight excluding hydrogens is 298 g/mol. The van der Waals surface area contributed by atoms with Gasteiger partial charge in [-0.25, -0.2) is 13.1 Å². The number of nitrogens with one attached hydrogen (secondary N) is 1. The summed E-state index contributed by atoms with van der Waals surface area (Å²) in [6.07, 6.45) is 3.22. The molecule has 0 saturated heterocycles. The average Bonchev–Trinajstić information content (AvgIpc) is 2.85. The van der Waals surface area contributed by atoms with E-state index in [2.05, 4.69) is 18.6 Å². The second-order valence-corrected chi connectivity index (χ2v) is 8.55. The molecule has 1 aliphatic carbocycles. The Bertz CT molecular complexity index is 772. The molecule has 118 valence electrons. The van der Waals surface area contributed by atoms with Crippen molar-refractivity contribution in [3.8, 4) is 0 Å². The summed E-state index contributed by atoms with van der Waals surface area (Å²) in [4.78, 5) is 0.298. The van der Waals surface area contributed by atoms with Gasteiger partial charge in [-0.15, -0.1) is 0 Å². The first-order valence-corrected chi connectivity index (χ1v) is 8.90. The standard InChI is InChI=1S/C17H21NO3S/c1-12-4-6-13(7-5-12)22(19,20)18-15-10-17(2,3)11-16-14(15)8-9-21-16/h4-9,15,18H,10-11H2,1-3H3. The van der Waals surface area contributed by atoms with E-state index in [1.807, 2.05) is 25.1 Å². The molecule has 0 saturated carbocycles. The molecule has 1 heterocycles. The van der Waals surface area contributed by atoms with E-state index in [0.29, 0.717) is 4.90 Å². The number of sulfonamides is 1. The Balaban J connectivity index is 1.91. The number of hydrogen-bond acceptors (Lipinski definition) is 3. The molecule has 4 nitrogen and oxygen atoms in total. The fourth-order valence-corrected chi connectivity index (χ4v) is 4.27. The van der Waals surface area contributed by atoms with Crippen molar-refractivity contribution < 1.29 is 12.8 Å². The van der Waals surface area contributed by atoms with E-state index in [0.717, 1.165) is 29.7 Å². The highest BCUT2D eigenvalue weighted by atomic mass is 32.2. The molecule has 1 aromatic heterocycles. The van der Waals surface area contributed by atoms with Gasteiger partial charge in [0.1, 0.15) is 5.76 Å². The Kier molecular flexibility index (Phi) is 3.65. The van der Waals surface area contributed by atoms with Crippen molar-refractivity contribution in [1.29, 1.82) is 0 Å². The predicted octanol–water partition coefficient (Wildman–Crippen LogP) is 3.58. The van der Waals surface area contributed by atoms with E-state index in [9.17, 15) is 8.42 Å². The molecule has 5 heteroatoms. The van der Waals surface area contributed by atoms with Crippen LogP contribution < -0.4 is 4.72 Å². The first-order chi connectivity index (χ1) is 10.3. The van der Waals surface area contributed by atoms with Crippen molar-refractivity contribution in [2.24, 2.45) is 5.41 Å². The van der Waals surface area contributed by atoms with Crippen LogP contribution in [0.3, 0.4) is 0 Å². The highest BCUT2D eigenvalue weighted by Gasteiger charge is 2.36.